The molecule has 5 aromatic rings. The van der Waals surface area contributed by atoms with Crippen molar-refractivity contribution in [3.05, 3.63) is 73.1 Å². The Labute approximate surface area is 132 Å². The quantitative estimate of drug-likeness (QED) is 0.427. The first-order valence-electron chi connectivity index (χ1n) is 7.52. The van der Waals surface area contributed by atoms with Crippen LogP contribution in [-0.4, -0.2) is 9.97 Å². The molecule has 5 rings (SSSR count). The lowest BCUT2D eigenvalue weighted by molar-refractivity contribution is 0.668. The molecule has 3 nitrogen and oxygen atoms in total. The van der Waals surface area contributed by atoms with Gasteiger partial charge in [0.1, 0.15) is 11.3 Å². The van der Waals surface area contributed by atoms with Crippen molar-refractivity contribution in [2.24, 2.45) is 0 Å². The summed E-state index contributed by atoms with van der Waals surface area (Å²) in [6.45, 7) is 0. The number of hydrogen-bond acceptors (Lipinski definition) is 3. The number of aromatic nitrogens is 2. The molecule has 0 atom stereocenters. The van der Waals surface area contributed by atoms with E-state index in [9.17, 15) is 0 Å². The van der Waals surface area contributed by atoms with Crippen LogP contribution in [-0.2, 0) is 0 Å². The predicted molar refractivity (Wildman–Crippen MR) is 92.3 cm³/mol. The van der Waals surface area contributed by atoms with Crippen LogP contribution in [0.25, 0.3) is 44.1 Å². The fraction of sp³-hybridized carbons (Fsp3) is 0. The van der Waals surface area contributed by atoms with Crippen LogP contribution >= 0.6 is 0 Å². The van der Waals surface area contributed by atoms with Crippen LogP contribution in [0, 0.1) is 0 Å². The number of nitrogens with zero attached hydrogens (tertiary/aromatic N) is 2. The Hall–Kier alpha value is -3.20. The maximum atomic E-state index is 6.10. The summed E-state index contributed by atoms with van der Waals surface area (Å²) in [6, 6.07) is 20.2. The second-order valence-corrected chi connectivity index (χ2v) is 5.52. The van der Waals surface area contributed by atoms with Crippen molar-refractivity contribution >= 4 is 32.8 Å². The summed E-state index contributed by atoms with van der Waals surface area (Å²) in [5.41, 5.74) is 4.46. The van der Waals surface area contributed by atoms with Gasteiger partial charge in [-0.3, -0.25) is 9.97 Å². The number of rotatable bonds is 1. The topological polar surface area (TPSA) is 38.9 Å². The van der Waals surface area contributed by atoms with Crippen LogP contribution in [0.3, 0.4) is 0 Å². The summed E-state index contributed by atoms with van der Waals surface area (Å²) < 4.78 is 6.10. The van der Waals surface area contributed by atoms with E-state index in [2.05, 4.69) is 28.2 Å². The first kappa shape index (κ1) is 12.4. The highest BCUT2D eigenvalue weighted by Crippen LogP contribution is 2.36. The van der Waals surface area contributed by atoms with Gasteiger partial charge in [-0.1, -0.05) is 42.5 Å². The van der Waals surface area contributed by atoms with Crippen LogP contribution in [0.15, 0.2) is 77.5 Å². The van der Waals surface area contributed by atoms with E-state index in [1.165, 1.54) is 0 Å². The molecule has 0 aliphatic heterocycles. The summed E-state index contributed by atoms with van der Waals surface area (Å²) in [4.78, 5) is 9.13. The number of pyridine rings is 2. The largest absolute Gasteiger partial charge is 0.454 e. The van der Waals surface area contributed by atoms with Gasteiger partial charge in [0.2, 0.25) is 0 Å². The van der Waals surface area contributed by atoms with Crippen molar-refractivity contribution in [1.29, 1.82) is 0 Å². The Morgan fingerprint density at radius 3 is 2.61 bits per heavy atom. The van der Waals surface area contributed by atoms with E-state index in [4.69, 9.17) is 4.42 Å². The summed E-state index contributed by atoms with van der Waals surface area (Å²) in [5, 5.41) is 3.29. The van der Waals surface area contributed by atoms with Crippen LogP contribution in [0.1, 0.15) is 0 Å². The minimum Gasteiger partial charge on any atom is -0.454 e. The van der Waals surface area contributed by atoms with Gasteiger partial charge in [0, 0.05) is 34.1 Å². The lowest BCUT2D eigenvalue weighted by atomic mass is 10.0. The summed E-state index contributed by atoms with van der Waals surface area (Å²) in [7, 11) is 0. The molecule has 3 aromatic heterocycles. The molecule has 0 unspecified atom stereocenters. The van der Waals surface area contributed by atoms with Gasteiger partial charge >= 0.3 is 0 Å². The van der Waals surface area contributed by atoms with Gasteiger partial charge in [0.05, 0.1) is 5.52 Å². The molecule has 108 valence electrons. The molecule has 3 heterocycles. The molecule has 0 N–H and O–H groups in total. The van der Waals surface area contributed by atoms with Crippen molar-refractivity contribution in [2.45, 2.75) is 0 Å². The second kappa shape index (κ2) is 4.65. The molecule has 3 heteroatoms. The van der Waals surface area contributed by atoms with Gasteiger partial charge in [0.25, 0.3) is 0 Å². The Morgan fingerprint density at radius 1 is 0.696 bits per heavy atom. The highest BCUT2D eigenvalue weighted by molar-refractivity contribution is 6.10. The van der Waals surface area contributed by atoms with Crippen molar-refractivity contribution < 1.29 is 4.42 Å². The lowest BCUT2D eigenvalue weighted by Crippen LogP contribution is -1.87. The average Bonchev–Trinajstić information content (AvgIpc) is 3.00. The van der Waals surface area contributed by atoms with E-state index in [1.807, 2.05) is 54.9 Å². The summed E-state index contributed by atoms with van der Waals surface area (Å²) in [6.07, 6.45) is 3.64. The Balaban J connectivity index is 1.93. The number of furan rings is 1. The number of fused-ring (bicyclic) bond motifs is 4. The zero-order chi connectivity index (χ0) is 15.2. The third-order valence-corrected chi connectivity index (χ3v) is 4.18. The van der Waals surface area contributed by atoms with Gasteiger partial charge in [-0.2, -0.15) is 0 Å². The van der Waals surface area contributed by atoms with Crippen molar-refractivity contribution in [2.75, 3.05) is 0 Å². The van der Waals surface area contributed by atoms with Crippen LogP contribution in [0.5, 0.6) is 0 Å². The first-order valence-corrected chi connectivity index (χ1v) is 7.52. The van der Waals surface area contributed by atoms with Gasteiger partial charge in [-0.25, -0.2) is 0 Å². The third-order valence-electron chi connectivity index (χ3n) is 4.18. The Kier molecular flexibility index (Phi) is 2.50. The smallest absolute Gasteiger partial charge is 0.161 e. The van der Waals surface area contributed by atoms with Crippen molar-refractivity contribution in [3.8, 4) is 11.3 Å². The van der Waals surface area contributed by atoms with Gasteiger partial charge in [0.15, 0.2) is 5.58 Å². The molecule has 0 radical (unpaired) electrons. The first-order chi connectivity index (χ1) is 11.4. The number of hydrogen-bond donors (Lipinski definition) is 0. The molecule has 0 aliphatic rings. The van der Waals surface area contributed by atoms with E-state index < -0.39 is 0 Å². The summed E-state index contributed by atoms with van der Waals surface area (Å²) in [5.74, 6) is 0. The van der Waals surface area contributed by atoms with Crippen LogP contribution in [0.2, 0.25) is 0 Å². The second-order valence-electron chi connectivity index (χ2n) is 5.52. The van der Waals surface area contributed by atoms with Gasteiger partial charge in [-0.05, 0) is 18.2 Å². The third kappa shape index (κ3) is 1.77. The number of para-hydroxylation sites is 2. The molecule has 0 saturated heterocycles. The molecule has 0 bridgehead atoms. The predicted octanol–water partition coefficient (Wildman–Crippen LogP) is 5.20. The van der Waals surface area contributed by atoms with Gasteiger partial charge < -0.3 is 4.42 Å². The van der Waals surface area contributed by atoms with Gasteiger partial charge in [-0.15, -0.1) is 0 Å². The average molecular weight is 296 g/mol. The van der Waals surface area contributed by atoms with Crippen LogP contribution in [0.4, 0.5) is 0 Å². The molecule has 0 aliphatic carbocycles. The monoisotopic (exact) mass is 296 g/mol. The number of benzene rings is 2. The molecule has 0 amide bonds. The van der Waals surface area contributed by atoms with Crippen LogP contribution < -0.4 is 0 Å². The van der Waals surface area contributed by atoms with Crippen molar-refractivity contribution in [3.63, 3.8) is 0 Å². The molecular formula is C20H12N2O. The molecule has 0 saturated carbocycles. The van der Waals surface area contributed by atoms with E-state index in [0.29, 0.717) is 0 Å². The zero-order valence-electron chi connectivity index (χ0n) is 12.2. The molecular weight excluding hydrogens is 284 g/mol. The highest BCUT2D eigenvalue weighted by Gasteiger charge is 2.15. The minimum absolute atomic E-state index is 0.812. The fourth-order valence-electron chi connectivity index (χ4n) is 3.14. The fourth-order valence-corrected chi connectivity index (χ4v) is 3.14. The zero-order valence-corrected chi connectivity index (χ0v) is 12.2. The SMILES string of the molecule is c1cnc2c(-c3nccc4c3oc3ccccc34)cccc2c1. The highest BCUT2D eigenvalue weighted by atomic mass is 16.3. The standard InChI is InChI=1S/C20H12N2O/c1-2-9-17-14(7-1)15-10-12-22-19(20(15)23-17)16-8-3-5-13-6-4-11-21-18(13)16/h1-12H. The van der Waals surface area contributed by atoms with E-state index in [1.54, 1.807) is 0 Å². The molecule has 23 heavy (non-hydrogen) atoms. The molecule has 2 aromatic carbocycles. The lowest BCUT2D eigenvalue weighted by Gasteiger charge is -2.05. The minimum atomic E-state index is 0.812. The Morgan fingerprint density at radius 2 is 1.61 bits per heavy atom. The Bertz CT molecular complexity index is 1170. The van der Waals surface area contributed by atoms with E-state index in [-0.39, 0.29) is 0 Å². The molecule has 0 spiro atoms. The maximum Gasteiger partial charge on any atom is 0.161 e. The maximum absolute atomic E-state index is 6.10. The van der Waals surface area contributed by atoms with E-state index in [0.717, 1.165) is 44.1 Å². The molecule has 0 fully saturated rings. The van der Waals surface area contributed by atoms with Crippen molar-refractivity contribution in [1.82, 2.24) is 9.97 Å². The summed E-state index contributed by atoms with van der Waals surface area (Å²) >= 11 is 0. The van der Waals surface area contributed by atoms with E-state index >= 15 is 0 Å². The normalized spacial score (nSPS) is 11.5.